The SMILES string of the molecule is CC(c1ccco1)N(C(=O)c1ccc(COc2ccccc2)cc1)C1CC1. The Hall–Kier alpha value is -3.01. The van der Waals surface area contributed by atoms with E-state index in [2.05, 4.69) is 0 Å². The fourth-order valence-electron chi connectivity index (χ4n) is 3.25. The Morgan fingerprint density at radius 1 is 1.07 bits per heavy atom. The Bertz CT molecular complexity index is 868. The standard InChI is InChI=1S/C23H23NO3/c1-17(22-8-5-15-26-22)24(20-13-14-20)23(25)19-11-9-18(10-12-19)16-27-21-6-3-2-4-7-21/h2-12,15,17,20H,13-14,16H2,1H3. The van der Waals surface area contributed by atoms with Crippen LogP contribution in [0.5, 0.6) is 5.75 Å². The number of hydrogen-bond donors (Lipinski definition) is 0. The third-order valence-corrected chi connectivity index (χ3v) is 4.90. The lowest BCUT2D eigenvalue weighted by atomic mass is 10.1. The topological polar surface area (TPSA) is 42.7 Å². The van der Waals surface area contributed by atoms with Crippen LogP contribution in [-0.2, 0) is 6.61 Å². The van der Waals surface area contributed by atoms with Crippen LogP contribution in [0, 0.1) is 0 Å². The van der Waals surface area contributed by atoms with E-state index in [4.69, 9.17) is 9.15 Å². The Labute approximate surface area is 159 Å². The lowest BCUT2D eigenvalue weighted by Crippen LogP contribution is -2.35. The lowest BCUT2D eigenvalue weighted by molar-refractivity contribution is 0.0652. The van der Waals surface area contributed by atoms with Crippen molar-refractivity contribution in [2.75, 3.05) is 0 Å². The highest BCUT2D eigenvalue weighted by Crippen LogP contribution is 2.35. The van der Waals surface area contributed by atoms with Gasteiger partial charge in [-0.3, -0.25) is 4.79 Å². The molecule has 1 aliphatic carbocycles. The van der Waals surface area contributed by atoms with Gasteiger partial charge >= 0.3 is 0 Å². The number of rotatable bonds is 7. The molecule has 1 aliphatic rings. The first-order valence-electron chi connectivity index (χ1n) is 9.35. The van der Waals surface area contributed by atoms with Crippen molar-refractivity contribution in [1.82, 2.24) is 4.90 Å². The summed E-state index contributed by atoms with van der Waals surface area (Å²) >= 11 is 0. The molecule has 0 radical (unpaired) electrons. The predicted molar refractivity (Wildman–Crippen MR) is 104 cm³/mol. The Morgan fingerprint density at radius 3 is 2.44 bits per heavy atom. The van der Waals surface area contributed by atoms with E-state index in [1.165, 1.54) is 0 Å². The van der Waals surface area contributed by atoms with Crippen LogP contribution in [0.25, 0.3) is 0 Å². The minimum Gasteiger partial charge on any atom is -0.489 e. The summed E-state index contributed by atoms with van der Waals surface area (Å²) in [6, 6.07) is 21.4. The van der Waals surface area contributed by atoms with Crippen molar-refractivity contribution < 1.29 is 13.9 Å². The molecule has 1 aromatic heterocycles. The molecule has 1 fully saturated rings. The molecule has 4 rings (SSSR count). The molecule has 0 spiro atoms. The average molecular weight is 361 g/mol. The first kappa shape index (κ1) is 17.4. The smallest absolute Gasteiger partial charge is 0.254 e. The normalized spacial score (nSPS) is 14.6. The number of ether oxygens (including phenoxy) is 1. The molecule has 1 amide bonds. The molecule has 0 saturated heterocycles. The molecule has 4 heteroatoms. The maximum atomic E-state index is 13.1. The van der Waals surface area contributed by atoms with E-state index >= 15 is 0 Å². The van der Waals surface area contributed by atoms with Gasteiger partial charge in [0.05, 0.1) is 12.3 Å². The van der Waals surface area contributed by atoms with Crippen LogP contribution in [0.4, 0.5) is 0 Å². The van der Waals surface area contributed by atoms with E-state index in [1.54, 1.807) is 6.26 Å². The minimum absolute atomic E-state index is 0.0527. The van der Waals surface area contributed by atoms with Crippen molar-refractivity contribution in [2.45, 2.75) is 38.5 Å². The zero-order chi connectivity index (χ0) is 18.6. The van der Waals surface area contributed by atoms with Crippen molar-refractivity contribution in [3.63, 3.8) is 0 Å². The number of hydrogen-bond acceptors (Lipinski definition) is 3. The molecular formula is C23H23NO3. The molecule has 3 aromatic rings. The van der Waals surface area contributed by atoms with Gasteiger partial charge in [-0.2, -0.15) is 0 Å². The van der Waals surface area contributed by atoms with E-state index in [0.29, 0.717) is 18.2 Å². The average Bonchev–Trinajstić information content (AvgIpc) is 3.38. The molecule has 27 heavy (non-hydrogen) atoms. The van der Waals surface area contributed by atoms with Gasteiger partial charge in [-0.15, -0.1) is 0 Å². The Morgan fingerprint density at radius 2 is 1.81 bits per heavy atom. The van der Waals surface area contributed by atoms with Crippen LogP contribution in [0.1, 0.15) is 47.5 Å². The summed E-state index contributed by atoms with van der Waals surface area (Å²) < 4.78 is 11.3. The zero-order valence-electron chi connectivity index (χ0n) is 15.4. The zero-order valence-corrected chi connectivity index (χ0v) is 15.4. The van der Waals surface area contributed by atoms with Crippen molar-refractivity contribution in [2.24, 2.45) is 0 Å². The number of para-hydroxylation sites is 1. The first-order valence-corrected chi connectivity index (χ1v) is 9.35. The van der Waals surface area contributed by atoms with Crippen LogP contribution in [0.2, 0.25) is 0 Å². The van der Waals surface area contributed by atoms with Crippen molar-refractivity contribution in [3.8, 4) is 5.75 Å². The third-order valence-electron chi connectivity index (χ3n) is 4.90. The third kappa shape index (κ3) is 4.05. The number of carbonyl (C=O) groups excluding carboxylic acids is 1. The molecule has 1 saturated carbocycles. The second-order valence-electron chi connectivity index (χ2n) is 6.93. The summed E-state index contributed by atoms with van der Waals surface area (Å²) in [5.41, 5.74) is 1.73. The fourth-order valence-corrected chi connectivity index (χ4v) is 3.25. The molecule has 4 nitrogen and oxygen atoms in total. The van der Waals surface area contributed by atoms with Crippen LogP contribution in [0.3, 0.4) is 0 Å². The van der Waals surface area contributed by atoms with E-state index in [-0.39, 0.29) is 11.9 Å². The first-order chi connectivity index (χ1) is 13.2. The van der Waals surface area contributed by atoms with E-state index in [9.17, 15) is 4.79 Å². The second kappa shape index (κ2) is 7.70. The van der Waals surface area contributed by atoms with Crippen LogP contribution in [0.15, 0.2) is 77.4 Å². The molecule has 0 bridgehead atoms. The summed E-state index contributed by atoms with van der Waals surface area (Å²) in [4.78, 5) is 15.1. The summed E-state index contributed by atoms with van der Waals surface area (Å²) in [6.45, 7) is 2.50. The van der Waals surface area contributed by atoms with Crippen molar-refractivity contribution in [1.29, 1.82) is 0 Å². The van der Waals surface area contributed by atoms with Gasteiger partial charge in [0.15, 0.2) is 0 Å². The molecule has 2 aromatic carbocycles. The monoisotopic (exact) mass is 361 g/mol. The highest BCUT2D eigenvalue weighted by atomic mass is 16.5. The highest BCUT2D eigenvalue weighted by molar-refractivity contribution is 5.95. The molecule has 0 N–H and O–H groups in total. The summed E-state index contributed by atoms with van der Waals surface area (Å²) in [7, 11) is 0. The van der Waals surface area contributed by atoms with Gasteiger partial charge in [-0.25, -0.2) is 0 Å². The molecule has 1 unspecified atom stereocenters. The molecule has 1 heterocycles. The van der Waals surface area contributed by atoms with Gasteiger partial charge in [-0.1, -0.05) is 30.3 Å². The van der Waals surface area contributed by atoms with E-state index in [0.717, 1.165) is 29.9 Å². The Balaban J connectivity index is 1.44. The van der Waals surface area contributed by atoms with Crippen molar-refractivity contribution in [3.05, 3.63) is 89.9 Å². The maximum Gasteiger partial charge on any atom is 0.254 e. The fraction of sp³-hybridized carbons (Fsp3) is 0.261. The number of carbonyl (C=O) groups is 1. The van der Waals surface area contributed by atoms with E-state index in [1.807, 2.05) is 78.6 Å². The van der Waals surface area contributed by atoms with E-state index < -0.39 is 0 Å². The predicted octanol–water partition coefficient (Wildman–Crippen LogP) is 5.22. The van der Waals surface area contributed by atoms with Gasteiger partial charge in [0, 0.05) is 11.6 Å². The maximum absolute atomic E-state index is 13.1. The number of nitrogens with zero attached hydrogens (tertiary/aromatic N) is 1. The minimum atomic E-state index is -0.0684. The quantitative estimate of drug-likeness (QED) is 0.579. The molecule has 0 aliphatic heterocycles. The van der Waals surface area contributed by atoms with Crippen LogP contribution >= 0.6 is 0 Å². The Kier molecular flexibility index (Phi) is 4.97. The molecule has 138 valence electrons. The van der Waals surface area contributed by atoms with Crippen molar-refractivity contribution >= 4 is 5.91 Å². The summed E-state index contributed by atoms with van der Waals surface area (Å²) in [5, 5.41) is 0. The van der Waals surface area contributed by atoms with Gasteiger partial charge in [0.2, 0.25) is 0 Å². The lowest BCUT2D eigenvalue weighted by Gasteiger charge is -2.28. The molecular weight excluding hydrogens is 338 g/mol. The number of furan rings is 1. The van der Waals surface area contributed by atoms with Crippen LogP contribution in [-0.4, -0.2) is 16.8 Å². The summed E-state index contributed by atoms with van der Waals surface area (Å²) in [6.07, 6.45) is 3.77. The largest absolute Gasteiger partial charge is 0.489 e. The van der Waals surface area contributed by atoms with Crippen LogP contribution < -0.4 is 4.74 Å². The highest BCUT2D eigenvalue weighted by Gasteiger charge is 2.37. The molecule has 1 atom stereocenters. The number of benzene rings is 2. The number of amides is 1. The summed E-state index contributed by atoms with van der Waals surface area (Å²) in [5.74, 6) is 1.71. The van der Waals surface area contributed by atoms with Gasteiger partial charge in [-0.05, 0) is 61.7 Å². The van der Waals surface area contributed by atoms with Gasteiger partial charge in [0.25, 0.3) is 5.91 Å². The van der Waals surface area contributed by atoms with Gasteiger partial charge in [0.1, 0.15) is 18.1 Å². The second-order valence-corrected chi connectivity index (χ2v) is 6.93. The van der Waals surface area contributed by atoms with Gasteiger partial charge < -0.3 is 14.1 Å².